The molecule has 0 amide bonds. The maximum Gasteiger partial charge on any atom is 0.343 e. The number of esters is 1. The minimum Gasteiger partial charge on any atom is -0.497 e. The van der Waals surface area contributed by atoms with Crippen LogP contribution in [0.5, 0.6) is 5.75 Å². The van der Waals surface area contributed by atoms with E-state index in [1.807, 2.05) is 36.4 Å². The molecule has 0 radical (unpaired) electrons. The Morgan fingerprint density at radius 2 is 1.73 bits per heavy atom. The molecule has 0 bridgehead atoms. The van der Waals surface area contributed by atoms with E-state index in [1.54, 1.807) is 31.4 Å². The lowest BCUT2D eigenvalue weighted by molar-refractivity contribution is -0.130. The van der Waals surface area contributed by atoms with Crippen LogP contribution in [0.15, 0.2) is 60.2 Å². The number of cyclic esters (lactones) is 1. The fourth-order valence-electron chi connectivity index (χ4n) is 2.13. The molecule has 22 heavy (non-hydrogen) atoms. The Morgan fingerprint density at radius 3 is 2.36 bits per heavy atom. The van der Waals surface area contributed by atoms with Gasteiger partial charge in [-0.15, -0.1) is 0 Å². The second-order valence-electron chi connectivity index (χ2n) is 4.78. The first-order valence-corrected chi connectivity index (χ1v) is 7.09. The van der Waals surface area contributed by atoms with Crippen molar-refractivity contribution in [3.63, 3.8) is 0 Å². The molecule has 0 aromatic heterocycles. The van der Waals surface area contributed by atoms with Crippen molar-refractivity contribution in [3.05, 3.63) is 76.3 Å². The molecule has 0 unspecified atom stereocenters. The van der Waals surface area contributed by atoms with Crippen molar-refractivity contribution in [1.82, 2.24) is 0 Å². The largest absolute Gasteiger partial charge is 0.497 e. The van der Waals surface area contributed by atoms with E-state index in [4.69, 9.17) is 21.1 Å². The van der Waals surface area contributed by atoms with Crippen LogP contribution in [0, 0.1) is 0 Å². The summed E-state index contributed by atoms with van der Waals surface area (Å²) in [5, 5.41) is 0.658. The molecule has 1 aliphatic rings. The number of halogens is 1. The van der Waals surface area contributed by atoms with Crippen LogP contribution >= 0.6 is 11.6 Å². The van der Waals surface area contributed by atoms with E-state index in [2.05, 4.69) is 0 Å². The summed E-state index contributed by atoms with van der Waals surface area (Å²) in [7, 11) is 1.61. The van der Waals surface area contributed by atoms with Gasteiger partial charge < -0.3 is 9.47 Å². The molecular weight excluding hydrogens is 300 g/mol. The first kappa shape index (κ1) is 14.4. The van der Waals surface area contributed by atoms with Crippen molar-refractivity contribution < 1.29 is 14.3 Å². The van der Waals surface area contributed by atoms with E-state index in [1.165, 1.54) is 0 Å². The van der Waals surface area contributed by atoms with E-state index < -0.39 is 0 Å². The lowest BCUT2D eigenvalue weighted by Crippen LogP contribution is -1.97. The molecule has 3 rings (SSSR count). The van der Waals surface area contributed by atoms with Crippen molar-refractivity contribution in [2.45, 2.75) is 0 Å². The minimum atomic E-state index is -0.360. The molecule has 0 atom stereocenters. The second kappa shape index (κ2) is 6.08. The van der Waals surface area contributed by atoms with Crippen molar-refractivity contribution in [1.29, 1.82) is 0 Å². The van der Waals surface area contributed by atoms with E-state index >= 15 is 0 Å². The lowest BCUT2D eigenvalue weighted by Gasteiger charge is -2.03. The van der Waals surface area contributed by atoms with Crippen LogP contribution in [0.2, 0.25) is 5.02 Å². The molecule has 1 heterocycles. The fraction of sp³-hybridized carbons (Fsp3) is 0.0556. The Hall–Kier alpha value is -2.52. The van der Waals surface area contributed by atoms with Gasteiger partial charge >= 0.3 is 5.97 Å². The quantitative estimate of drug-likeness (QED) is 0.625. The number of ether oxygens (including phenoxy) is 2. The molecule has 0 saturated heterocycles. The molecule has 1 aliphatic heterocycles. The van der Waals surface area contributed by atoms with E-state index in [-0.39, 0.29) is 5.97 Å². The third kappa shape index (κ3) is 3.05. The Morgan fingerprint density at radius 1 is 1.05 bits per heavy atom. The normalized spacial score (nSPS) is 15.6. The number of hydrogen-bond donors (Lipinski definition) is 0. The molecular formula is C18H13ClO3. The van der Waals surface area contributed by atoms with Crippen molar-refractivity contribution in [2.24, 2.45) is 0 Å². The summed E-state index contributed by atoms with van der Waals surface area (Å²) in [5.41, 5.74) is 2.23. The van der Waals surface area contributed by atoms with Crippen LogP contribution in [0.1, 0.15) is 11.1 Å². The van der Waals surface area contributed by atoms with E-state index in [0.717, 1.165) is 16.9 Å². The van der Waals surface area contributed by atoms with Gasteiger partial charge in [0.25, 0.3) is 0 Å². The smallest absolute Gasteiger partial charge is 0.343 e. The summed E-state index contributed by atoms with van der Waals surface area (Å²) in [5.74, 6) is 0.930. The summed E-state index contributed by atoms with van der Waals surface area (Å²) < 4.78 is 10.4. The molecule has 4 heteroatoms. The zero-order valence-electron chi connectivity index (χ0n) is 11.9. The van der Waals surface area contributed by atoms with Crippen molar-refractivity contribution >= 4 is 29.4 Å². The van der Waals surface area contributed by atoms with Gasteiger partial charge in [-0.3, -0.25) is 0 Å². The molecule has 0 spiro atoms. The fourth-order valence-corrected chi connectivity index (χ4v) is 2.25. The van der Waals surface area contributed by atoms with Crippen molar-refractivity contribution in [3.8, 4) is 5.75 Å². The Labute approximate surface area is 133 Å². The minimum absolute atomic E-state index is 0.360. The predicted molar refractivity (Wildman–Crippen MR) is 86.5 cm³/mol. The zero-order valence-corrected chi connectivity index (χ0v) is 12.6. The summed E-state index contributed by atoms with van der Waals surface area (Å²) >= 11 is 5.85. The van der Waals surface area contributed by atoms with E-state index in [0.29, 0.717) is 16.4 Å². The number of methoxy groups -OCH3 is 1. The first-order valence-electron chi connectivity index (χ1n) is 6.71. The Bertz CT molecular complexity index is 756. The first-order chi connectivity index (χ1) is 10.7. The predicted octanol–water partition coefficient (Wildman–Crippen LogP) is 4.33. The topological polar surface area (TPSA) is 35.5 Å². The molecule has 110 valence electrons. The van der Waals surface area contributed by atoms with Gasteiger partial charge in [-0.2, -0.15) is 0 Å². The number of carbonyl (C=O) groups is 1. The van der Waals surface area contributed by atoms with Crippen LogP contribution in [0.4, 0.5) is 0 Å². The Balaban J connectivity index is 1.88. The maximum absolute atomic E-state index is 12.0. The molecule has 0 N–H and O–H groups in total. The van der Waals surface area contributed by atoms with Gasteiger partial charge in [-0.1, -0.05) is 23.7 Å². The third-order valence-electron chi connectivity index (χ3n) is 3.29. The molecule has 2 aromatic carbocycles. The Kier molecular flexibility index (Phi) is 3.98. The summed E-state index contributed by atoms with van der Waals surface area (Å²) in [4.78, 5) is 12.0. The highest BCUT2D eigenvalue weighted by Crippen LogP contribution is 2.28. The lowest BCUT2D eigenvalue weighted by atomic mass is 10.1. The molecule has 2 aromatic rings. The number of rotatable bonds is 3. The average Bonchev–Trinajstić information content (AvgIpc) is 2.91. The van der Waals surface area contributed by atoms with Crippen LogP contribution in [0.3, 0.4) is 0 Å². The second-order valence-corrected chi connectivity index (χ2v) is 5.21. The van der Waals surface area contributed by atoms with E-state index in [9.17, 15) is 4.79 Å². The van der Waals surface area contributed by atoms with Gasteiger partial charge in [-0.25, -0.2) is 4.79 Å². The standard InChI is InChI=1S/C18H13ClO3/c1-21-16-8-4-13(5-9-16)17-11-14(18(20)22-17)10-12-2-6-15(19)7-3-12/h2-11H,1H3. The monoisotopic (exact) mass is 312 g/mol. The maximum atomic E-state index is 12.0. The summed E-state index contributed by atoms with van der Waals surface area (Å²) in [6, 6.07) is 14.6. The highest BCUT2D eigenvalue weighted by Gasteiger charge is 2.21. The van der Waals surface area contributed by atoms with Gasteiger partial charge in [0.2, 0.25) is 0 Å². The van der Waals surface area contributed by atoms with Crippen LogP contribution in [0.25, 0.3) is 11.8 Å². The van der Waals surface area contributed by atoms with Crippen LogP contribution < -0.4 is 4.74 Å². The number of benzene rings is 2. The molecule has 0 fully saturated rings. The van der Waals surface area contributed by atoms with Gasteiger partial charge in [0.05, 0.1) is 12.7 Å². The summed E-state index contributed by atoms with van der Waals surface area (Å²) in [6.07, 6.45) is 3.51. The van der Waals surface area contributed by atoms with Gasteiger partial charge in [0.15, 0.2) is 0 Å². The van der Waals surface area contributed by atoms with Gasteiger partial charge in [-0.05, 0) is 54.1 Å². The SMILES string of the molecule is COc1ccc(C2=CC(=Cc3ccc(Cl)cc3)C(=O)O2)cc1. The number of carbonyl (C=O) groups excluding carboxylic acids is 1. The summed E-state index contributed by atoms with van der Waals surface area (Å²) in [6.45, 7) is 0. The molecule has 0 aliphatic carbocycles. The van der Waals surface area contributed by atoms with Crippen molar-refractivity contribution in [2.75, 3.05) is 7.11 Å². The highest BCUT2D eigenvalue weighted by atomic mass is 35.5. The van der Waals surface area contributed by atoms with Gasteiger partial charge in [0, 0.05) is 10.6 Å². The zero-order chi connectivity index (χ0) is 15.5. The van der Waals surface area contributed by atoms with Crippen LogP contribution in [-0.2, 0) is 9.53 Å². The molecule has 3 nitrogen and oxygen atoms in total. The third-order valence-corrected chi connectivity index (χ3v) is 3.54. The number of hydrogen-bond acceptors (Lipinski definition) is 3. The highest BCUT2D eigenvalue weighted by molar-refractivity contribution is 6.30. The van der Waals surface area contributed by atoms with Gasteiger partial charge in [0.1, 0.15) is 11.5 Å². The molecule has 0 saturated carbocycles. The van der Waals surface area contributed by atoms with Crippen LogP contribution in [-0.4, -0.2) is 13.1 Å². The average molecular weight is 313 g/mol.